The number of amides is 1. The van der Waals surface area contributed by atoms with E-state index >= 15 is 0 Å². The molecular formula is C20H26N2O4. The van der Waals surface area contributed by atoms with Gasteiger partial charge in [0.15, 0.2) is 0 Å². The largest absolute Gasteiger partial charge is 0.491 e. The fourth-order valence-electron chi connectivity index (χ4n) is 2.21. The second-order valence-corrected chi connectivity index (χ2v) is 5.86. The first kappa shape index (κ1) is 21.2. The maximum Gasteiger partial charge on any atom is 0.307 e. The smallest absolute Gasteiger partial charge is 0.307 e. The molecule has 0 fully saturated rings. The van der Waals surface area contributed by atoms with E-state index in [2.05, 4.69) is 0 Å². The zero-order valence-corrected chi connectivity index (χ0v) is 15.6. The van der Waals surface area contributed by atoms with Crippen LogP contribution in [0.1, 0.15) is 39.2 Å². The summed E-state index contributed by atoms with van der Waals surface area (Å²) >= 11 is 0. The summed E-state index contributed by atoms with van der Waals surface area (Å²) in [5.74, 6) is 0.128. The molecule has 0 aliphatic carbocycles. The van der Waals surface area contributed by atoms with Crippen LogP contribution >= 0.6 is 0 Å². The number of hydrogen-bond acceptors (Lipinski definition) is 5. The van der Waals surface area contributed by atoms with Gasteiger partial charge in [0, 0.05) is 19.2 Å². The minimum Gasteiger partial charge on any atom is -0.491 e. The molecule has 0 radical (unpaired) electrons. The summed E-state index contributed by atoms with van der Waals surface area (Å²) in [5.41, 5.74) is 0.835. The van der Waals surface area contributed by atoms with Crippen LogP contribution in [0.15, 0.2) is 30.3 Å². The number of nitriles is 1. The van der Waals surface area contributed by atoms with E-state index in [9.17, 15) is 9.59 Å². The van der Waals surface area contributed by atoms with Crippen LogP contribution in [0.2, 0.25) is 0 Å². The molecule has 140 valence electrons. The summed E-state index contributed by atoms with van der Waals surface area (Å²) in [6.07, 6.45) is 3.52. The van der Waals surface area contributed by atoms with E-state index in [1.54, 1.807) is 13.0 Å². The highest BCUT2D eigenvalue weighted by Gasteiger charge is 2.13. The normalized spacial score (nSPS) is 10.6. The van der Waals surface area contributed by atoms with Gasteiger partial charge < -0.3 is 14.4 Å². The number of carbonyl (C=O) groups excluding carboxylic acids is 2. The van der Waals surface area contributed by atoms with Crippen molar-refractivity contribution in [1.82, 2.24) is 4.90 Å². The van der Waals surface area contributed by atoms with Crippen LogP contribution < -0.4 is 4.74 Å². The van der Waals surface area contributed by atoms with E-state index in [0.29, 0.717) is 6.61 Å². The second-order valence-electron chi connectivity index (χ2n) is 5.86. The van der Waals surface area contributed by atoms with E-state index in [-0.39, 0.29) is 43.9 Å². The third-order valence-corrected chi connectivity index (χ3v) is 3.34. The minimum atomic E-state index is -0.357. The number of hydrogen-bond donors (Lipinski definition) is 0. The van der Waals surface area contributed by atoms with Crippen molar-refractivity contribution >= 4 is 18.0 Å². The molecule has 1 rings (SSSR count). The topological polar surface area (TPSA) is 79.6 Å². The average molecular weight is 358 g/mol. The predicted molar refractivity (Wildman–Crippen MR) is 99.3 cm³/mol. The summed E-state index contributed by atoms with van der Waals surface area (Å²) < 4.78 is 10.5. The molecule has 0 spiro atoms. The Kier molecular flexibility index (Phi) is 9.55. The van der Waals surface area contributed by atoms with Crippen molar-refractivity contribution in [1.29, 1.82) is 5.26 Å². The molecule has 0 bridgehead atoms. The van der Waals surface area contributed by atoms with Crippen molar-refractivity contribution in [3.8, 4) is 11.8 Å². The first-order valence-corrected chi connectivity index (χ1v) is 8.72. The molecule has 0 heterocycles. The predicted octanol–water partition coefficient (Wildman–Crippen LogP) is 3.18. The lowest BCUT2D eigenvalue weighted by molar-refractivity contribution is -0.143. The van der Waals surface area contributed by atoms with Gasteiger partial charge in [0.25, 0.3) is 0 Å². The van der Waals surface area contributed by atoms with E-state index in [1.165, 1.54) is 11.0 Å². The van der Waals surface area contributed by atoms with Crippen molar-refractivity contribution < 1.29 is 19.1 Å². The first-order chi connectivity index (χ1) is 12.5. The van der Waals surface area contributed by atoms with Crippen molar-refractivity contribution in [2.24, 2.45) is 0 Å². The van der Waals surface area contributed by atoms with Crippen molar-refractivity contribution in [3.05, 3.63) is 35.9 Å². The van der Waals surface area contributed by atoms with Gasteiger partial charge in [0.2, 0.25) is 5.91 Å². The van der Waals surface area contributed by atoms with Crippen LogP contribution in [0.4, 0.5) is 0 Å². The SMILES string of the molecule is CCOC(=O)CCN(CCC#N)C(=O)/C=C/c1cccc(OC(C)C)c1. The fourth-order valence-corrected chi connectivity index (χ4v) is 2.21. The van der Waals surface area contributed by atoms with E-state index < -0.39 is 0 Å². The number of carbonyl (C=O) groups is 2. The zero-order chi connectivity index (χ0) is 19.4. The molecule has 6 nitrogen and oxygen atoms in total. The zero-order valence-electron chi connectivity index (χ0n) is 15.6. The molecule has 1 aromatic carbocycles. The maximum atomic E-state index is 12.4. The summed E-state index contributed by atoms with van der Waals surface area (Å²) in [5, 5.41) is 8.76. The number of rotatable bonds is 10. The Morgan fingerprint density at radius 1 is 1.31 bits per heavy atom. The third kappa shape index (κ3) is 8.34. The summed E-state index contributed by atoms with van der Waals surface area (Å²) in [6.45, 7) is 6.43. The Hall–Kier alpha value is -2.81. The Balaban J connectivity index is 2.73. The molecule has 0 aliphatic rings. The van der Waals surface area contributed by atoms with E-state index in [4.69, 9.17) is 14.7 Å². The lowest BCUT2D eigenvalue weighted by Crippen LogP contribution is -2.32. The summed E-state index contributed by atoms with van der Waals surface area (Å²) in [6, 6.07) is 9.45. The molecular weight excluding hydrogens is 332 g/mol. The molecule has 26 heavy (non-hydrogen) atoms. The minimum absolute atomic E-state index is 0.0696. The number of benzene rings is 1. The Labute approximate surface area is 155 Å². The Morgan fingerprint density at radius 3 is 2.73 bits per heavy atom. The monoisotopic (exact) mass is 358 g/mol. The van der Waals surface area contributed by atoms with E-state index in [0.717, 1.165) is 11.3 Å². The molecule has 0 unspecified atom stereocenters. The molecule has 0 aromatic heterocycles. The van der Waals surface area contributed by atoms with Gasteiger partial charge in [-0.05, 0) is 44.5 Å². The van der Waals surface area contributed by atoms with Crippen LogP contribution in [0, 0.1) is 11.3 Å². The molecule has 0 saturated heterocycles. The van der Waals surface area contributed by atoms with Crippen molar-refractivity contribution in [2.45, 2.75) is 39.7 Å². The Morgan fingerprint density at radius 2 is 2.08 bits per heavy atom. The van der Waals surface area contributed by atoms with Gasteiger partial charge in [-0.3, -0.25) is 9.59 Å². The summed E-state index contributed by atoms with van der Waals surface area (Å²) in [4.78, 5) is 25.4. The van der Waals surface area contributed by atoms with Gasteiger partial charge in [-0.15, -0.1) is 0 Å². The van der Waals surface area contributed by atoms with Gasteiger partial charge in [0.1, 0.15) is 5.75 Å². The van der Waals surface area contributed by atoms with Gasteiger partial charge in [0.05, 0.1) is 31.6 Å². The fraction of sp³-hybridized carbons (Fsp3) is 0.450. The van der Waals surface area contributed by atoms with Crippen molar-refractivity contribution in [2.75, 3.05) is 19.7 Å². The average Bonchev–Trinajstić information content (AvgIpc) is 2.60. The summed E-state index contributed by atoms with van der Waals surface area (Å²) in [7, 11) is 0. The standard InChI is InChI=1S/C20H26N2O4/c1-4-25-20(24)11-14-22(13-6-12-21)19(23)10-9-17-7-5-8-18(15-17)26-16(2)3/h5,7-10,15-16H,4,6,11,13-14H2,1-3H3/b10-9+. The molecule has 0 atom stereocenters. The molecule has 1 aromatic rings. The molecule has 0 aliphatic heterocycles. The first-order valence-electron chi connectivity index (χ1n) is 8.72. The van der Waals surface area contributed by atoms with Gasteiger partial charge >= 0.3 is 5.97 Å². The van der Waals surface area contributed by atoms with E-state index in [1.807, 2.05) is 44.2 Å². The quantitative estimate of drug-likeness (QED) is 0.474. The van der Waals surface area contributed by atoms with Crippen LogP contribution in [-0.4, -0.2) is 42.6 Å². The highest BCUT2D eigenvalue weighted by atomic mass is 16.5. The number of ether oxygens (including phenoxy) is 2. The van der Waals surface area contributed by atoms with Gasteiger partial charge in [-0.25, -0.2) is 0 Å². The third-order valence-electron chi connectivity index (χ3n) is 3.34. The highest BCUT2D eigenvalue weighted by molar-refractivity contribution is 5.92. The second kappa shape index (κ2) is 11.7. The number of esters is 1. The van der Waals surface area contributed by atoms with Crippen LogP contribution in [0.25, 0.3) is 6.08 Å². The molecule has 0 saturated carbocycles. The molecule has 1 amide bonds. The van der Waals surface area contributed by atoms with Crippen LogP contribution in [0.3, 0.4) is 0 Å². The Bertz CT molecular complexity index is 662. The number of nitrogens with zero attached hydrogens (tertiary/aromatic N) is 2. The van der Waals surface area contributed by atoms with Crippen molar-refractivity contribution in [3.63, 3.8) is 0 Å². The molecule has 0 N–H and O–H groups in total. The molecule has 6 heteroatoms. The maximum absolute atomic E-state index is 12.4. The van der Waals surface area contributed by atoms with Crippen LogP contribution in [-0.2, 0) is 14.3 Å². The van der Waals surface area contributed by atoms with Gasteiger partial charge in [-0.1, -0.05) is 12.1 Å². The lowest BCUT2D eigenvalue weighted by atomic mass is 10.2. The highest BCUT2D eigenvalue weighted by Crippen LogP contribution is 2.16. The van der Waals surface area contributed by atoms with Crippen LogP contribution in [0.5, 0.6) is 5.75 Å². The van der Waals surface area contributed by atoms with Gasteiger partial charge in [-0.2, -0.15) is 5.26 Å². The lowest BCUT2D eigenvalue weighted by Gasteiger charge is -2.19.